The summed E-state index contributed by atoms with van der Waals surface area (Å²) in [4.78, 5) is 0. The van der Waals surface area contributed by atoms with Crippen molar-refractivity contribution in [2.75, 3.05) is 26.4 Å². The molecule has 1 aliphatic rings. The molecule has 2 unspecified atom stereocenters. The van der Waals surface area contributed by atoms with E-state index in [1.54, 1.807) is 0 Å². The third-order valence-corrected chi connectivity index (χ3v) is 3.32. The molecule has 1 N–H and O–H groups in total. The van der Waals surface area contributed by atoms with Crippen LogP contribution in [0.25, 0.3) is 0 Å². The molecule has 1 fully saturated rings. The fourth-order valence-corrected chi connectivity index (χ4v) is 2.17. The van der Waals surface area contributed by atoms with Gasteiger partial charge in [-0.1, -0.05) is 13.8 Å². The summed E-state index contributed by atoms with van der Waals surface area (Å²) in [5.74, 6) is 0. The zero-order valence-electron chi connectivity index (χ0n) is 11.0. The van der Waals surface area contributed by atoms with Crippen LogP contribution in [0.1, 0.15) is 39.5 Å². The van der Waals surface area contributed by atoms with Gasteiger partial charge in [-0.25, -0.2) is 0 Å². The lowest BCUT2D eigenvalue weighted by atomic mass is 9.92. The summed E-state index contributed by atoms with van der Waals surface area (Å²) in [7, 11) is 0. The summed E-state index contributed by atoms with van der Waals surface area (Å²) in [5, 5.41) is 12.5. The molecule has 0 bridgehead atoms. The molecule has 4 heteroatoms. The van der Waals surface area contributed by atoms with Crippen LogP contribution >= 0.6 is 0 Å². The van der Waals surface area contributed by atoms with Crippen LogP contribution in [-0.2, 0) is 9.47 Å². The largest absolute Gasteiger partial charge is 0.379 e. The van der Waals surface area contributed by atoms with Crippen molar-refractivity contribution in [1.29, 1.82) is 5.26 Å². The van der Waals surface area contributed by atoms with Crippen LogP contribution in [0.15, 0.2) is 0 Å². The van der Waals surface area contributed by atoms with Crippen molar-refractivity contribution in [1.82, 2.24) is 5.32 Å². The monoisotopic (exact) mass is 240 g/mol. The second-order valence-electron chi connectivity index (χ2n) is 4.54. The second kappa shape index (κ2) is 7.65. The molecule has 17 heavy (non-hydrogen) atoms. The highest BCUT2D eigenvalue weighted by atomic mass is 16.5. The third-order valence-electron chi connectivity index (χ3n) is 3.32. The Labute approximate surface area is 104 Å². The van der Waals surface area contributed by atoms with Crippen LogP contribution in [0.2, 0.25) is 0 Å². The van der Waals surface area contributed by atoms with Crippen molar-refractivity contribution in [3.63, 3.8) is 0 Å². The Balaban J connectivity index is 2.20. The number of nitrogens with one attached hydrogen (secondary N) is 1. The minimum atomic E-state index is -0.371. The maximum atomic E-state index is 9.25. The lowest BCUT2D eigenvalue weighted by Crippen LogP contribution is -2.43. The summed E-state index contributed by atoms with van der Waals surface area (Å²) in [6.07, 6.45) is 3.88. The van der Waals surface area contributed by atoms with E-state index in [4.69, 9.17) is 9.47 Å². The van der Waals surface area contributed by atoms with Gasteiger partial charge in [0, 0.05) is 13.2 Å². The predicted molar refractivity (Wildman–Crippen MR) is 66.7 cm³/mol. The van der Waals surface area contributed by atoms with E-state index in [1.165, 1.54) is 0 Å². The molecule has 1 aliphatic heterocycles. The molecule has 0 saturated carbocycles. The minimum Gasteiger partial charge on any atom is -0.379 e. The number of rotatable bonds is 8. The number of ether oxygens (including phenoxy) is 2. The van der Waals surface area contributed by atoms with Gasteiger partial charge in [0.2, 0.25) is 0 Å². The van der Waals surface area contributed by atoms with Gasteiger partial charge < -0.3 is 9.47 Å². The molecule has 0 aromatic carbocycles. The Kier molecular flexibility index (Phi) is 6.49. The van der Waals surface area contributed by atoms with Crippen molar-refractivity contribution < 1.29 is 9.47 Å². The maximum Gasteiger partial charge on any atom is 0.106 e. The molecule has 0 radical (unpaired) electrons. The minimum absolute atomic E-state index is 0.271. The molecule has 4 nitrogen and oxygen atoms in total. The van der Waals surface area contributed by atoms with Gasteiger partial charge in [-0.05, 0) is 32.2 Å². The molecule has 2 atom stereocenters. The number of nitriles is 1. The van der Waals surface area contributed by atoms with E-state index in [0.717, 1.165) is 52.0 Å². The number of hydrogen-bond acceptors (Lipinski definition) is 4. The molecular formula is C13H24N2O2. The standard InChI is InChI=1S/C13H24N2O2/c1-3-13(11-14,15-4-2)7-5-8-17-12-6-9-16-10-12/h12,15H,3-10H2,1-2H3. The summed E-state index contributed by atoms with van der Waals surface area (Å²) in [5.41, 5.74) is -0.371. The molecule has 98 valence electrons. The Morgan fingerprint density at radius 1 is 1.53 bits per heavy atom. The molecule has 0 aromatic heterocycles. The van der Waals surface area contributed by atoms with Crippen molar-refractivity contribution >= 4 is 0 Å². The normalized spacial score (nSPS) is 23.2. The van der Waals surface area contributed by atoms with Crippen molar-refractivity contribution in [2.24, 2.45) is 0 Å². The third kappa shape index (κ3) is 4.63. The van der Waals surface area contributed by atoms with Gasteiger partial charge in [0.05, 0.1) is 18.8 Å². The fraction of sp³-hybridized carbons (Fsp3) is 0.923. The Morgan fingerprint density at radius 3 is 2.88 bits per heavy atom. The zero-order valence-corrected chi connectivity index (χ0v) is 11.0. The van der Waals surface area contributed by atoms with Gasteiger partial charge in [-0.2, -0.15) is 5.26 Å². The van der Waals surface area contributed by atoms with E-state index >= 15 is 0 Å². The molecule has 1 rings (SSSR count). The average molecular weight is 240 g/mol. The van der Waals surface area contributed by atoms with Gasteiger partial charge in [0.15, 0.2) is 0 Å². The second-order valence-corrected chi connectivity index (χ2v) is 4.54. The summed E-state index contributed by atoms with van der Waals surface area (Å²) in [6, 6.07) is 2.40. The van der Waals surface area contributed by atoms with Crippen molar-refractivity contribution in [3.05, 3.63) is 0 Å². The molecule has 0 spiro atoms. The Hall–Kier alpha value is -0.630. The fourth-order valence-electron chi connectivity index (χ4n) is 2.17. The van der Waals surface area contributed by atoms with Crippen molar-refractivity contribution in [2.45, 2.75) is 51.2 Å². The van der Waals surface area contributed by atoms with Crippen LogP contribution in [0.5, 0.6) is 0 Å². The number of nitrogens with zero attached hydrogens (tertiary/aromatic N) is 1. The van der Waals surface area contributed by atoms with E-state index in [-0.39, 0.29) is 11.6 Å². The topological polar surface area (TPSA) is 54.3 Å². The van der Waals surface area contributed by atoms with Gasteiger partial charge >= 0.3 is 0 Å². The molecule has 1 saturated heterocycles. The smallest absolute Gasteiger partial charge is 0.106 e. The van der Waals surface area contributed by atoms with E-state index in [9.17, 15) is 5.26 Å². The van der Waals surface area contributed by atoms with Crippen LogP contribution in [0.4, 0.5) is 0 Å². The molecule has 0 aliphatic carbocycles. The maximum absolute atomic E-state index is 9.25. The highest BCUT2D eigenvalue weighted by Crippen LogP contribution is 2.17. The number of hydrogen-bond donors (Lipinski definition) is 1. The van der Waals surface area contributed by atoms with E-state index < -0.39 is 0 Å². The van der Waals surface area contributed by atoms with Gasteiger partial charge in [-0.3, -0.25) is 5.32 Å². The van der Waals surface area contributed by atoms with Crippen LogP contribution < -0.4 is 5.32 Å². The van der Waals surface area contributed by atoms with E-state index in [1.807, 2.05) is 6.92 Å². The first-order chi connectivity index (χ1) is 8.26. The first-order valence-electron chi connectivity index (χ1n) is 6.62. The summed E-state index contributed by atoms with van der Waals surface area (Å²) in [6.45, 7) is 7.19. The van der Waals surface area contributed by atoms with Crippen molar-refractivity contribution in [3.8, 4) is 6.07 Å². The predicted octanol–water partition coefficient (Wildman–Crippen LogP) is 1.85. The lowest BCUT2D eigenvalue weighted by molar-refractivity contribution is 0.0387. The summed E-state index contributed by atoms with van der Waals surface area (Å²) < 4.78 is 10.9. The van der Waals surface area contributed by atoms with Gasteiger partial charge in [0.1, 0.15) is 5.54 Å². The molecule has 0 aromatic rings. The van der Waals surface area contributed by atoms with Gasteiger partial charge in [-0.15, -0.1) is 0 Å². The Bertz CT molecular complexity index is 246. The van der Waals surface area contributed by atoms with Crippen LogP contribution in [0.3, 0.4) is 0 Å². The first kappa shape index (κ1) is 14.4. The molecule has 1 heterocycles. The van der Waals surface area contributed by atoms with Gasteiger partial charge in [0.25, 0.3) is 0 Å². The SMILES string of the molecule is CCNC(C#N)(CC)CCCOC1CCOC1. The Morgan fingerprint density at radius 2 is 2.35 bits per heavy atom. The molecule has 0 amide bonds. The zero-order chi connectivity index (χ0) is 12.6. The highest BCUT2D eigenvalue weighted by molar-refractivity contribution is 5.05. The summed E-state index contributed by atoms with van der Waals surface area (Å²) >= 11 is 0. The quantitative estimate of drug-likeness (QED) is 0.658. The highest BCUT2D eigenvalue weighted by Gasteiger charge is 2.26. The first-order valence-corrected chi connectivity index (χ1v) is 6.62. The lowest BCUT2D eigenvalue weighted by Gasteiger charge is -2.26. The van der Waals surface area contributed by atoms with Crippen LogP contribution in [-0.4, -0.2) is 38.0 Å². The molecular weight excluding hydrogens is 216 g/mol. The van der Waals surface area contributed by atoms with E-state index in [0.29, 0.717) is 0 Å². The average Bonchev–Trinajstić information content (AvgIpc) is 2.86. The van der Waals surface area contributed by atoms with Crippen LogP contribution in [0, 0.1) is 11.3 Å². The van der Waals surface area contributed by atoms with E-state index in [2.05, 4.69) is 18.3 Å².